The summed E-state index contributed by atoms with van der Waals surface area (Å²) < 4.78 is 4.99. The van der Waals surface area contributed by atoms with Crippen molar-refractivity contribution in [1.82, 2.24) is 10.1 Å². The quantitative estimate of drug-likeness (QED) is 0.865. The summed E-state index contributed by atoms with van der Waals surface area (Å²) in [5.74, 6) is 0.246. The van der Waals surface area contributed by atoms with E-state index in [9.17, 15) is 9.59 Å². The lowest BCUT2D eigenvalue weighted by Crippen LogP contribution is -2.37. The predicted octanol–water partition coefficient (Wildman–Crippen LogP) is 1.47. The topological polar surface area (TPSA) is 101 Å². The van der Waals surface area contributed by atoms with E-state index in [2.05, 4.69) is 10.5 Å². The van der Waals surface area contributed by atoms with E-state index in [0.717, 1.165) is 5.56 Å². The Morgan fingerprint density at radius 3 is 2.71 bits per heavy atom. The molecule has 3 N–H and O–H groups in total. The van der Waals surface area contributed by atoms with Crippen LogP contribution in [-0.2, 0) is 9.59 Å². The maximum Gasteiger partial charge on any atom is 0.247 e. The smallest absolute Gasteiger partial charge is 0.247 e. The van der Waals surface area contributed by atoms with Gasteiger partial charge in [-0.3, -0.25) is 14.5 Å². The molecule has 24 heavy (non-hydrogen) atoms. The molecule has 2 aromatic rings. The van der Waals surface area contributed by atoms with Gasteiger partial charge in [0, 0.05) is 19.2 Å². The Hall–Kier alpha value is -2.67. The summed E-state index contributed by atoms with van der Waals surface area (Å²) in [5.41, 5.74) is 6.27. The molecule has 1 aliphatic heterocycles. The minimum Gasteiger partial charge on any atom is -0.369 e. The number of anilines is 1. The second-order valence-electron chi connectivity index (χ2n) is 6.01. The van der Waals surface area contributed by atoms with Crippen LogP contribution in [0.2, 0.25) is 0 Å². The average Bonchev–Trinajstić information content (AvgIpc) is 3.18. The Balaban J connectivity index is 1.82. The van der Waals surface area contributed by atoms with Gasteiger partial charge < -0.3 is 15.6 Å². The number of carbonyl (C=O) groups is 2. The highest BCUT2D eigenvalue weighted by atomic mass is 16.5. The Kier molecular flexibility index (Phi) is 4.61. The number of amides is 2. The predicted molar refractivity (Wildman–Crippen MR) is 87.9 cm³/mol. The van der Waals surface area contributed by atoms with Crippen molar-refractivity contribution in [3.8, 4) is 0 Å². The van der Waals surface area contributed by atoms with Crippen LogP contribution < -0.4 is 11.1 Å². The van der Waals surface area contributed by atoms with Crippen LogP contribution in [0.3, 0.4) is 0 Å². The normalized spacial score (nSPS) is 19.1. The number of primary amides is 1. The molecule has 1 aromatic heterocycles. The van der Waals surface area contributed by atoms with E-state index in [4.69, 9.17) is 10.3 Å². The van der Waals surface area contributed by atoms with Gasteiger partial charge in [0.2, 0.25) is 11.8 Å². The largest absolute Gasteiger partial charge is 0.369 e. The molecule has 7 heteroatoms. The SMILES string of the molecule is Cc1cc(NC(=O)[C@@H](c2ccccc2)N2CC[C@@H](C(N)=O)C2)no1. The zero-order chi connectivity index (χ0) is 17.1. The van der Waals surface area contributed by atoms with Gasteiger partial charge in [0.1, 0.15) is 11.8 Å². The number of benzene rings is 1. The fourth-order valence-corrected chi connectivity index (χ4v) is 3.04. The number of aryl methyl sites for hydroxylation is 1. The highest BCUT2D eigenvalue weighted by Gasteiger charge is 2.35. The van der Waals surface area contributed by atoms with E-state index in [1.165, 1.54) is 0 Å². The third-order valence-corrected chi connectivity index (χ3v) is 4.23. The molecule has 3 rings (SSSR count). The molecule has 0 unspecified atom stereocenters. The van der Waals surface area contributed by atoms with Crippen LogP contribution in [0.1, 0.15) is 23.8 Å². The van der Waals surface area contributed by atoms with Crippen molar-refractivity contribution in [2.45, 2.75) is 19.4 Å². The van der Waals surface area contributed by atoms with Crippen LogP contribution >= 0.6 is 0 Å². The van der Waals surface area contributed by atoms with Crippen molar-refractivity contribution in [1.29, 1.82) is 0 Å². The number of carbonyl (C=O) groups excluding carboxylic acids is 2. The van der Waals surface area contributed by atoms with Gasteiger partial charge in [0.15, 0.2) is 5.82 Å². The molecule has 0 spiro atoms. The van der Waals surface area contributed by atoms with Crippen molar-refractivity contribution >= 4 is 17.6 Å². The van der Waals surface area contributed by atoms with E-state index < -0.39 is 6.04 Å². The van der Waals surface area contributed by atoms with Gasteiger partial charge in [-0.25, -0.2) is 0 Å². The standard InChI is InChI=1S/C17H20N4O3/c1-11-9-14(20-24-11)19-17(23)15(12-5-3-2-4-6-12)21-8-7-13(10-21)16(18)22/h2-6,9,13,15H,7-8,10H2,1H3,(H2,18,22)(H,19,20,23)/t13-,15-/m1/s1. The van der Waals surface area contributed by atoms with Crippen molar-refractivity contribution in [3.63, 3.8) is 0 Å². The van der Waals surface area contributed by atoms with Crippen molar-refractivity contribution < 1.29 is 14.1 Å². The van der Waals surface area contributed by atoms with Crippen molar-refractivity contribution in [3.05, 3.63) is 47.7 Å². The first-order valence-electron chi connectivity index (χ1n) is 7.87. The fourth-order valence-electron chi connectivity index (χ4n) is 3.04. The molecular weight excluding hydrogens is 308 g/mol. The van der Waals surface area contributed by atoms with Gasteiger partial charge in [-0.2, -0.15) is 0 Å². The first-order chi connectivity index (χ1) is 11.5. The first kappa shape index (κ1) is 16.2. The third-order valence-electron chi connectivity index (χ3n) is 4.23. The van der Waals surface area contributed by atoms with Crippen LogP contribution in [-0.4, -0.2) is 35.0 Å². The molecule has 0 saturated carbocycles. The van der Waals surface area contributed by atoms with E-state index in [1.54, 1.807) is 13.0 Å². The molecule has 2 amide bonds. The number of rotatable bonds is 5. The highest BCUT2D eigenvalue weighted by molar-refractivity contribution is 5.95. The molecule has 0 radical (unpaired) electrons. The maximum atomic E-state index is 12.8. The van der Waals surface area contributed by atoms with Crippen LogP contribution in [0.15, 0.2) is 40.9 Å². The van der Waals surface area contributed by atoms with E-state index in [-0.39, 0.29) is 17.7 Å². The van der Waals surface area contributed by atoms with Gasteiger partial charge in [0.25, 0.3) is 0 Å². The van der Waals surface area contributed by atoms with Crippen LogP contribution in [0.4, 0.5) is 5.82 Å². The maximum absolute atomic E-state index is 12.8. The number of likely N-dealkylation sites (tertiary alicyclic amines) is 1. The summed E-state index contributed by atoms with van der Waals surface area (Å²) in [6.45, 7) is 2.87. The van der Waals surface area contributed by atoms with E-state index in [0.29, 0.717) is 31.1 Å². The zero-order valence-electron chi connectivity index (χ0n) is 13.4. The lowest BCUT2D eigenvalue weighted by Gasteiger charge is -2.26. The lowest BCUT2D eigenvalue weighted by atomic mass is 10.0. The first-order valence-corrected chi connectivity index (χ1v) is 7.87. The summed E-state index contributed by atoms with van der Waals surface area (Å²) >= 11 is 0. The van der Waals surface area contributed by atoms with Crippen LogP contribution in [0.25, 0.3) is 0 Å². The summed E-state index contributed by atoms with van der Waals surface area (Å²) in [6.07, 6.45) is 0.662. The Labute approximate surface area is 139 Å². The molecule has 1 saturated heterocycles. The van der Waals surface area contributed by atoms with Crippen LogP contribution in [0.5, 0.6) is 0 Å². The number of nitrogens with two attached hydrogens (primary N) is 1. The second kappa shape index (κ2) is 6.84. The molecule has 1 aliphatic rings. The summed E-state index contributed by atoms with van der Waals surface area (Å²) in [4.78, 5) is 26.3. The number of hydrogen-bond acceptors (Lipinski definition) is 5. The minimum absolute atomic E-state index is 0.209. The Morgan fingerprint density at radius 2 is 2.12 bits per heavy atom. The molecule has 7 nitrogen and oxygen atoms in total. The molecule has 2 atom stereocenters. The Bertz CT molecular complexity index is 728. The number of aromatic nitrogens is 1. The summed E-state index contributed by atoms with van der Waals surface area (Å²) in [5, 5.41) is 6.58. The number of nitrogens with zero attached hydrogens (tertiary/aromatic N) is 2. The van der Waals surface area contributed by atoms with Gasteiger partial charge >= 0.3 is 0 Å². The third kappa shape index (κ3) is 3.46. The second-order valence-corrected chi connectivity index (χ2v) is 6.01. The minimum atomic E-state index is -0.507. The monoisotopic (exact) mass is 328 g/mol. The average molecular weight is 328 g/mol. The van der Waals surface area contributed by atoms with Crippen LogP contribution in [0, 0.1) is 12.8 Å². The number of hydrogen-bond donors (Lipinski definition) is 2. The van der Waals surface area contributed by atoms with E-state index in [1.807, 2.05) is 35.2 Å². The van der Waals surface area contributed by atoms with Gasteiger partial charge in [-0.05, 0) is 18.9 Å². The van der Waals surface area contributed by atoms with Gasteiger partial charge in [-0.1, -0.05) is 35.5 Å². The fraction of sp³-hybridized carbons (Fsp3) is 0.353. The molecular formula is C17H20N4O3. The molecule has 2 heterocycles. The highest BCUT2D eigenvalue weighted by Crippen LogP contribution is 2.29. The van der Waals surface area contributed by atoms with Gasteiger partial charge in [-0.15, -0.1) is 0 Å². The number of nitrogens with one attached hydrogen (secondary N) is 1. The molecule has 1 fully saturated rings. The summed E-state index contributed by atoms with van der Waals surface area (Å²) in [7, 11) is 0. The lowest BCUT2D eigenvalue weighted by molar-refractivity contribution is -0.123. The molecule has 0 bridgehead atoms. The summed E-state index contributed by atoms with van der Waals surface area (Å²) in [6, 6.07) is 10.6. The van der Waals surface area contributed by atoms with Crippen molar-refractivity contribution in [2.24, 2.45) is 11.7 Å². The van der Waals surface area contributed by atoms with Gasteiger partial charge in [0.05, 0.1) is 5.92 Å². The molecule has 126 valence electrons. The van der Waals surface area contributed by atoms with E-state index >= 15 is 0 Å². The Morgan fingerprint density at radius 1 is 1.38 bits per heavy atom. The zero-order valence-corrected chi connectivity index (χ0v) is 13.4. The molecule has 1 aromatic carbocycles. The molecule has 0 aliphatic carbocycles. The van der Waals surface area contributed by atoms with Crippen molar-refractivity contribution in [2.75, 3.05) is 18.4 Å².